The van der Waals surface area contributed by atoms with E-state index in [2.05, 4.69) is 17.0 Å². The van der Waals surface area contributed by atoms with Gasteiger partial charge in [-0.1, -0.05) is 37.1 Å². The molecule has 7 heteroatoms. The van der Waals surface area contributed by atoms with Crippen LogP contribution in [0.3, 0.4) is 0 Å². The molecule has 0 bridgehead atoms. The van der Waals surface area contributed by atoms with Gasteiger partial charge >= 0.3 is 0 Å². The molecule has 29 heavy (non-hydrogen) atoms. The van der Waals surface area contributed by atoms with Crippen LogP contribution in [0, 0.1) is 0 Å². The van der Waals surface area contributed by atoms with Crippen LogP contribution >= 0.6 is 11.6 Å². The average Bonchev–Trinajstić information content (AvgIpc) is 3.41. The van der Waals surface area contributed by atoms with E-state index >= 15 is 0 Å². The van der Waals surface area contributed by atoms with Crippen molar-refractivity contribution in [2.24, 2.45) is 7.05 Å². The van der Waals surface area contributed by atoms with Crippen LogP contribution in [0.5, 0.6) is 0 Å². The van der Waals surface area contributed by atoms with Crippen LogP contribution in [0.1, 0.15) is 65.6 Å². The minimum absolute atomic E-state index is 0.0144. The van der Waals surface area contributed by atoms with E-state index in [1.807, 2.05) is 42.3 Å². The number of hydrogen-bond acceptors (Lipinski definition) is 4. The van der Waals surface area contributed by atoms with Gasteiger partial charge in [0.1, 0.15) is 17.5 Å². The Bertz CT molecular complexity index is 1010. The maximum atomic E-state index is 13.2. The molecule has 1 saturated heterocycles. The van der Waals surface area contributed by atoms with Gasteiger partial charge in [0.25, 0.3) is 5.91 Å². The van der Waals surface area contributed by atoms with Crippen LogP contribution in [0.25, 0.3) is 0 Å². The molecule has 0 radical (unpaired) electrons. The summed E-state index contributed by atoms with van der Waals surface area (Å²) in [5.41, 5.74) is 2.64. The molecule has 1 aromatic carbocycles. The summed E-state index contributed by atoms with van der Waals surface area (Å²) >= 11 is 6.07. The van der Waals surface area contributed by atoms with Crippen molar-refractivity contribution in [1.29, 1.82) is 0 Å². The number of oxazole rings is 1. The average molecular weight is 413 g/mol. The summed E-state index contributed by atoms with van der Waals surface area (Å²) in [6.45, 7) is 2.81. The number of benzene rings is 1. The van der Waals surface area contributed by atoms with E-state index in [1.54, 1.807) is 10.9 Å². The number of amides is 1. The van der Waals surface area contributed by atoms with Crippen molar-refractivity contribution in [3.63, 3.8) is 0 Å². The van der Waals surface area contributed by atoms with Gasteiger partial charge in [0.15, 0.2) is 0 Å². The Balaban J connectivity index is 1.51. The molecule has 6 nitrogen and oxygen atoms in total. The molecular weight excluding hydrogens is 388 g/mol. The number of nitrogens with zero attached hydrogens (tertiary/aromatic N) is 4. The van der Waals surface area contributed by atoms with Gasteiger partial charge in [-0.25, -0.2) is 4.98 Å². The van der Waals surface area contributed by atoms with Crippen LogP contribution in [-0.4, -0.2) is 32.1 Å². The molecule has 2 aromatic heterocycles. The number of carbonyl (C=O) groups excluding carboxylic acids is 1. The van der Waals surface area contributed by atoms with Gasteiger partial charge in [-0.3, -0.25) is 9.48 Å². The Morgan fingerprint density at radius 2 is 2.21 bits per heavy atom. The highest BCUT2D eigenvalue weighted by atomic mass is 35.5. The molecule has 3 aromatic rings. The summed E-state index contributed by atoms with van der Waals surface area (Å²) in [5, 5.41) is 5.17. The second-order valence-electron chi connectivity index (χ2n) is 7.52. The Kier molecular flexibility index (Phi) is 5.72. The Morgan fingerprint density at radius 3 is 3.00 bits per heavy atom. The summed E-state index contributed by atoms with van der Waals surface area (Å²) in [6.07, 6.45) is 6.03. The molecule has 1 aliphatic heterocycles. The predicted octanol–water partition coefficient (Wildman–Crippen LogP) is 4.58. The topological polar surface area (TPSA) is 64.2 Å². The molecule has 1 atom stereocenters. The van der Waals surface area contributed by atoms with Gasteiger partial charge in [-0.15, -0.1) is 0 Å². The number of aromatic nitrogens is 3. The summed E-state index contributed by atoms with van der Waals surface area (Å²) in [4.78, 5) is 19.5. The van der Waals surface area contributed by atoms with Crippen molar-refractivity contribution in [3.05, 3.63) is 70.2 Å². The van der Waals surface area contributed by atoms with Crippen molar-refractivity contribution >= 4 is 17.5 Å². The number of halogens is 1. The molecule has 4 rings (SSSR count). The fraction of sp³-hybridized carbons (Fsp3) is 0.409. The lowest BCUT2D eigenvalue weighted by Crippen LogP contribution is -2.32. The molecule has 1 fully saturated rings. The van der Waals surface area contributed by atoms with E-state index in [1.165, 1.54) is 0 Å². The minimum Gasteiger partial charge on any atom is -0.443 e. The monoisotopic (exact) mass is 412 g/mol. The van der Waals surface area contributed by atoms with Crippen LogP contribution in [0.4, 0.5) is 0 Å². The first kappa shape index (κ1) is 19.7. The quantitative estimate of drug-likeness (QED) is 0.594. The van der Waals surface area contributed by atoms with Gasteiger partial charge in [0, 0.05) is 25.0 Å². The van der Waals surface area contributed by atoms with Gasteiger partial charge in [0.2, 0.25) is 5.89 Å². The lowest BCUT2D eigenvalue weighted by atomic mass is 10.1. The van der Waals surface area contributed by atoms with Gasteiger partial charge in [0.05, 0.1) is 11.9 Å². The van der Waals surface area contributed by atoms with Gasteiger partial charge in [-0.05, 0) is 43.0 Å². The number of hydrogen-bond donors (Lipinski definition) is 0. The number of aryl methyl sites for hydroxylation is 2. The molecule has 1 unspecified atom stereocenters. The van der Waals surface area contributed by atoms with Crippen molar-refractivity contribution in [1.82, 2.24) is 19.7 Å². The molecule has 0 saturated carbocycles. The van der Waals surface area contributed by atoms with E-state index in [-0.39, 0.29) is 11.9 Å². The third kappa shape index (κ3) is 4.22. The highest BCUT2D eigenvalue weighted by molar-refractivity contribution is 6.30. The zero-order chi connectivity index (χ0) is 20.4. The normalized spacial score (nSPS) is 16.5. The smallest absolute Gasteiger partial charge is 0.272 e. The largest absolute Gasteiger partial charge is 0.443 e. The third-order valence-electron chi connectivity index (χ3n) is 5.29. The van der Waals surface area contributed by atoms with E-state index in [4.69, 9.17) is 16.0 Å². The molecule has 0 aliphatic carbocycles. The Hall–Kier alpha value is -2.60. The minimum atomic E-state index is -0.139. The van der Waals surface area contributed by atoms with Crippen LogP contribution in [-0.2, 0) is 19.9 Å². The molecular formula is C22H25ClN4O2. The molecule has 1 amide bonds. The van der Waals surface area contributed by atoms with Gasteiger partial charge < -0.3 is 9.32 Å². The zero-order valence-corrected chi connectivity index (χ0v) is 17.5. The van der Waals surface area contributed by atoms with Crippen LogP contribution in [0.2, 0.25) is 5.02 Å². The number of likely N-dealkylation sites (tertiary alicyclic amines) is 1. The lowest BCUT2D eigenvalue weighted by molar-refractivity contribution is 0.0703. The summed E-state index contributed by atoms with van der Waals surface area (Å²) < 4.78 is 7.71. The molecule has 3 heterocycles. The third-order valence-corrected chi connectivity index (χ3v) is 5.53. The fourth-order valence-electron chi connectivity index (χ4n) is 3.93. The molecule has 0 spiro atoms. The van der Waals surface area contributed by atoms with Crippen molar-refractivity contribution in [2.75, 3.05) is 6.54 Å². The Labute approximate surface area is 175 Å². The highest BCUT2D eigenvalue weighted by Crippen LogP contribution is 2.33. The van der Waals surface area contributed by atoms with Crippen molar-refractivity contribution in [2.45, 2.75) is 45.1 Å². The summed E-state index contributed by atoms with van der Waals surface area (Å²) in [6, 6.07) is 9.47. The van der Waals surface area contributed by atoms with Crippen LogP contribution < -0.4 is 0 Å². The van der Waals surface area contributed by atoms with E-state index in [0.29, 0.717) is 29.6 Å². The molecule has 1 aliphatic rings. The van der Waals surface area contributed by atoms with Crippen molar-refractivity contribution in [3.8, 4) is 0 Å². The Morgan fingerprint density at radius 1 is 1.34 bits per heavy atom. The maximum Gasteiger partial charge on any atom is 0.272 e. The summed E-state index contributed by atoms with van der Waals surface area (Å²) in [7, 11) is 1.83. The van der Waals surface area contributed by atoms with E-state index in [0.717, 1.165) is 42.7 Å². The SMILES string of the molecule is CCCc1cc(C(=O)N2CCCC2c2ncc(Cc3cccc(Cl)c3)o2)n(C)n1. The van der Waals surface area contributed by atoms with E-state index < -0.39 is 0 Å². The van der Waals surface area contributed by atoms with Gasteiger partial charge in [-0.2, -0.15) is 5.10 Å². The molecule has 152 valence electrons. The predicted molar refractivity (Wildman–Crippen MR) is 111 cm³/mol. The first-order valence-electron chi connectivity index (χ1n) is 10.1. The second kappa shape index (κ2) is 8.41. The second-order valence-corrected chi connectivity index (χ2v) is 7.96. The summed E-state index contributed by atoms with van der Waals surface area (Å²) in [5.74, 6) is 1.36. The zero-order valence-electron chi connectivity index (χ0n) is 16.8. The van der Waals surface area contributed by atoms with E-state index in [9.17, 15) is 4.79 Å². The standard InChI is InChI=1S/C22H25ClN4O2/c1-3-6-17-13-20(26(2)25-17)22(28)27-10-5-9-19(27)21-24-14-18(29-21)12-15-7-4-8-16(23)11-15/h4,7-8,11,13-14,19H,3,5-6,9-10,12H2,1-2H3. The first-order chi connectivity index (χ1) is 14.0. The first-order valence-corrected chi connectivity index (χ1v) is 10.5. The fourth-order valence-corrected chi connectivity index (χ4v) is 4.14. The number of carbonyl (C=O) groups is 1. The number of rotatable bonds is 6. The highest BCUT2D eigenvalue weighted by Gasteiger charge is 2.35. The lowest BCUT2D eigenvalue weighted by Gasteiger charge is -2.22. The molecule has 0 N–H and O–H groups in total. The van der Waals surface area contributed by atoms with Crippen LogP contribution in [0.15, 0.2) is 40.9 Å². The van der Waals surface area contributed by atoms with Crippen molar-refractivity contribution < 1.29 is 9.21 Å². The maximum absolute atomic E-state index is 13.2.